The summed E-state index contributed by atoms with van der Waals surface area (Å²) in [6.45, 7) is 9.43. The van der Waals surface area contributed by atoms with E-state index in [1.807, 2.05) is 19.3 Å². The van der Waals surface area contributed by atoms with Gasteiger partial charge < -0.3 is 15.2 Å². The third-order valence-electron chi connectivity index (χ3n) is 4.33. The highest BCUT2D eigenvalue weighted by atomic mass is 15.3. The lowest BCUT2D eigenvalue weighted by atomic mass is 10.0. The molecular formula is C16H26N6. The van der Waals surface area contributed by atoms with E-state index in [2.05, 4.69) is 56.9 Å². The normalized spacial score (nSPS) is 19.0. The van der Waals surface area contributed by atoms with E-state index in [-0.39, 0.29) is 6.04 Å². The fraction of sp³-hybridized carbons (Fsp3) is 0.625. The van der Waals surface area contributed by atoms with Gasteiger partial charge in [-0.15, -0.1) is 0 Å². The van der Waals surface area contributed by atoms with E-state index in [0.29, 0.717) is 11.8 Å². The smallest absolute Gasteiger partial charge is 0.125 e. The molecule has 2 N–H and O–H groups in total. The Hall–Kier alpha value is -1.82. The van der Waals surface area contributed by atoms with E-state index in [0.717, 1.165) is 37.0 Å². The first-order valence-electron chi connectivity index (χ1n) is 8.03. The molecule has 2 aromatic rings. The van der Waals surface area contributed by atoms with Gasteiger partial charge in [-0.05, 0) is 12.8 Å². The molecule has 2 aromatic heterocycles. The second-order valence-electron chi connectivity index (χ2n) is 6.63. The third-order valence-corrected chi connectivity index (χ3v) is 4.33. The van der Waals surface area contributed by atoms with Gasteiger partial charge in [-0.3, -0.25) is 0 Å². The second kappa shape index (κ2) is 6.12. The van der Waals surface area contributed by atoms with Crippen LogP contribution in [0.5, 0.6) is 0 Å². The fourth-order valence-corrected chi connectivity index (χ4v) is 3.12. The average Bonchev–Trinajstić information content (AvgIpc) is 3.03. The Labute approximate surface area is 131 Å². The minimum absolute atomic E-state index is 0.278. The molecule has 0 amide bonds. The molecule has 0 unspecified atom stereocenters. The number of nitrogens with one attached hydrogen (secondary N) is 2. The molecule has 0 aromatic carbocycles. The van der Waals surface area contributed by atoms with Crippen LogP contribution in [0.25, 0.3) is 0 Å². The molecule has 0 radical (unpaired) electrons. The zero-order valence-electron chi connectivity index (χ0n) is 13.9. The number of hydrogen-bond acceptors (Lipinski definition) is 4. The van der Waals surface area contributed by atoms with Gasteiger partial charge in [-0.2, -0.15) is 5.10 Å². The van der Waals surface area contributed by atoms with E-state index in [1.165, 1.54) is 0 Å². The molecule has 6 heteroatoms. The molecule has 6 nitrogen and oxygen atoms in total. The van der Waals surface area contributed by atoms with Gasteiger partial charge >= 0.3 is 0 Å². The SMILES string of the molecule is Cc1cc2n(n1)C[C@@H](CN[C@H](c1nccn1C)C(C)C)CN2. The lowest BCUT2D eigenvalue weighted by molar-refractivity contribution is 0.326. The minimum Gasteiger partial charge on any atom is -0.370 e. The number of fused-ring (bicyclic) bond motifs is 1. The summed E-state index contributed by atoms with van der Waals surface area (Å²) >= 11 is 0. The minimum atomic E-state index is 0.278. The zero-order valence-corrected chi connectivity index (χ0v) is 13.9. The summed E-state index contributed by atoms with van der Waals surface area (Å²) < 4.78 is 4.18. The molecule has 0 saturated carbocycles. The molecule has 0 aliphatic carbocycles. The van der Waals surface area contributed by atoms with Crippen molar-refractivity contribution in [1.29, 1.82) is 0 Å². The van der Waals surface area contributed by atoms with E-state index >= 15 is 0 Å². The van der Waals surface area contributed by atoms with Crippen LogP contribution in [-0.2, 0) is 13.6 Å². The first kappa shape index (κ1) is 15.1. The number of hydrogen-bond donors (Lipinski definition) is 2. The molecule has 0 fully saturated rings. The fourth-order valence-electron chi connectivity index (χ4n) is 3.12. The van der Waals surface area contributed by atoms with Crippen LogP contribution >= 0.6 is 0 Å². The van der Waals surface area contributed by atoms with Crippen molar-refractivity contribution in [3.05, 3.63) is 30.0 Å². The Kier molecular flexibility index (Phi) is 4.20. The predicted octanol–water partition coefficient (Wildman–Crippen LogP) is 1.95. The van der Waals surface area contributed by atoms with Crippen molar-refractivity contribution >= 4 is 5.82 Å². The number of rotatable bonds is 5. The zero-order chi connectivity index (χ0) is 15.7. The number of imidazole rings is 1. The van der Waals surface area contributed by atoms with Gasteiger partial charge in [0.25, 0.3) is 0 Å². The topological polar surface area (TPSA) is 59.7 Å². The number of aromatic nitrogens is 4. The molecule has 1 aliphatic rings. The molecule has 120 valence electrons. The summed E-state index contributed by atoms with van der Waals surface area (Å²) in [5, 5.41) is 11.7. The number of anilines is 1. The second-order valence-corrected chi connectivity index (χ2v) is 6.63. The summed E-state index contributed by atoms with van der Waals surface area (Å²) in [4.78, 5) is 4.51. The summed E-state index contributed by atoms with van der Waals surface area (Å²) in [6, 6.07) is 2.38. The van der Waals surface area contributed by atoms with Gasteiger partial charge in [-0.25, -0.2) is 9.67 Å². The van der Waals surface area contributed by atoms with E-state index < -0.39 is 0 Å². The Morgan fingerprint density at radius 3 is 2.95 bits per heavy atom. The van der Waals surface area contributed by atoms with Crippen LogP contribution in [0.1, 0.15) is 31.4 Å². The quantitative estimate of drug-likeness (QED) is 0.886. The summed E-state index contributed by atoms with van der Waals surface area (Å²) in [7, 11) is 2.06. The Morgan fingerprint density at radius 2 is 2.27 bits per heavy atom. The molecular weight excluding hydrogens is 276 g/mol. The first-order valence-corrected chi connectivity index (χ1v) is 8.03. The third kappa shape index (κ3) is 3.02. The Morgan fingerprint density at radius 1 is 1.45 bits per heavy atom. The molecule has 0 spiro atoms. The highest BCUT2D eigenvalue weighted by Gasteiger charge is 2.23. The van der Waals surface area contributed by atoms with Crippen molar-refractivity contribution in [1.82, 2.24) is 24.6 Å². The van der Waals surface area contributed by atoms with Crippen molar-refractivity contribution in [3.8, 4) is 0 Å². The van der Waals surface area contributed by atoms with Crippen LogP contribution in [-0.4, -0.2) is 32.4 Å². The van der Waals surface area contributed by atoms with Crippen molar-refractivity contribution in [2.75, 3.05) is 18.4 Å². The molecule has 0 saturated heterocycles. The van der Waals surface area contributed by atoms with Gasteiger partial charge in [-0.1, -0.05) is 13.8 Å². The monoisotopic (exact) mass is 302 g/mol. The van der Waals surface area contributed by atoms with Crippen LogP contribution in [0, 0.1) is 18.8 Å². The molecule has 3 heterocycles. The maximum atomic E-state index is 4.54. The van der Waals surface area contributed by atoms with Crippen molar-refractivity contribution in [3.63, 3.8) is 0 Å². The lowest BCUT2D eigenvalue weighted by Crippen LogP contribution is -2.38. The average molecular weight is 302 g/mol. The summed E-state index contributed by atoms with van der Waals surface area (Å²) in [5.41, 5.74) is 1.07. The van der Waals surface area contributed by atoms with Gasteiger partial charge in [0.1, 0.15) is 11.6 Å². The highest BCUT2D eigenvalue weighted by Crippen LogP contribution is 2.22. The van der Waals surface area contributed by atoms with Gasteiger partial charge in [0.2, 0.25) is 0 Å². The van der Waals surface area contributed by atoms with Crippen LogP contribution in [0.2, 0.25) is 0 Å². The maximum Gasteiger partial charge on any atom is 0.125 e. The number of aryl methyl sites for hydroxylation is 2. The molecule has 3 rings (SSSR count). The summed E-state index contributed by atoms with van der Waals surface area (Å²) in [6.07, 6.45) is 3.88. The highest BCUT2D eigenvalue weighted by molar-refractivity contribution is 5.38. The number of nitrogens with zero attached hydrogens (tertiary/aromatic N) is 4. The lowest BCUT2D eigenvalue weighted by Gasteiger charge is -2.28. The van der Waals surface area contributed by atoms with Gasteiger partial charge in [0.15, 0.2) is 0 Å². The molecule has 2 atom stereocenters. The van der Waals surface area contributed by atoms with Gasteiger partial charge in [0.05, 0.1) is 11.7 Å². The molecule has 1 aliphatic heterocycles. The van der Waals surface area contributed by atoms with Crippen LogP contribution < -0.4 is 10.6 Å². The predicted molar refractivity (Wildman–Crippen MR) is 87.7 cm³/mol. The maximum absolute atomic E-state index is 4.54. The largest absolute Gasteiger partial charge is 0.370 e. The van der Waals surface area contributed by atoms with Crippen LogP contribution in [0.3, 0.4) is 0 Å². The Bertz CT molecular complexity index is 626. The van der Waals surface area contributed by atoms with Crippen molar-refractivity contribution in [2.45, 2.75) is 33.4 Å². The molecule has 22 heavy (non-hydrogen) atoms. The van der Waals surface area contributed by atoms with E-state index in [4.69, 9.17) is 0 Å². The standard InChI is InChI=1S/C16H26N6/c1-11(2)15(16-17-5-6-21(16)4)19-9-13-8-18-14-7-12(3)20-22(14)10-13/h5-7,11,13,15,18-19H,8-10H2,1-4H3/t13-,15+/m1/s1. The molecule has 0 bridgehead atoms. The summed E-state index contributed by atoms with van der Waals surface area (Å²) in [5.74, 6) is 3.28. The van der Waals surface area contributed by atoms with E-state index in [9.17, 15) is 0 Å². The van der Waals surface area contributed by atoms with Crippen LogP contribution in [0.4, 0.5) is 5.82 Å². The van der Waals surface area contributed by atoms with Crippen molar-refractivity contribution in [2.24, 2.45) is 18.9 Å². The Balaban J connectivity index is 1.63. The van der Waals surface area contributed by atoms with Crippen molar-refractivity contribution < 1.29 is 0 Å². The first-order chi connectivity index (χ1) is 10.5. The van der Waals surface area contributed by atoms with Gasteiger partial charge in [0, 0.05) is 51.1 Å². The van der Waals surface area contributed by atoms with Crippen LogP contribution in [0.15, 0.2) is 18.5 Å². The van der Waals surface area contributed by atoms with E-state index in [1.54, 1.807) is 0 Å².